The monoisotopic (exact) mass is 398 g/mol. The molecule has 1 aromatic rings. The Hall–Kier alpha value is -1.75. The van der Waals surface area contributed by atoms with Crippen LogP contribution >= 0.6 is 0 Å². The van der Waals surface area contributed by atoms with Gasteiger partial charge in [-0.3, -0.25) is 4.79 Å². The Labute approximate surface area is 174 Å². The van der Waals surface area contributed by atoms with E-state index >= 15 is 0 Å². The van der Waals surface area contributed by atoms with Crippen LogP contribution in [0.4, 0.5) is 5.69 Å². The highest BCUT2D eigenvalue weighted by molar-refractivity contribution is 5.80. The smallest absolute Gasteiger partial charge is 0.278 e. The summed E-state index contributed by atoms with van der Waals surface area (Å²) in [5, 5.41) is 3.59. The van der Waals surface area contributed by atoms with Crippen molar-refractivity contribution < 1.29 is 14.4 Å². The van der Waals surface area contributed by atoms with Crippen LogP contribution in [-0.2, 0) is 4.79 Å². The molecular formula is C24H36N3O2+. The van der Waals surface area contributed by atoms with Gasteiger partial charge in [0.1, 0.15) is 5.75 Å². The van der Waals surface area contributed by atoms with Crippen LogP contribution in [0.1, 0.15) is 45.4 Å². The second kappa shape index (κ2) is 7.50. The fourth-order valence-electron chi connectivity index (χ4n) is 7.11. The number of carbonyl (C=O) groups is 1. The van der Waals surface area contributed by atoms with Gasteiger partial charge in [0.15, 0.2) is 6.04 Å². The fraction of sp³-hybridized carbons (Fsp3) is 0.708. The molecule has 1 heterocycles. The third-order valence-electron chi connectivity index (χ3n) is 8.26. The van der Waals surface area contributed by atoms with Gasteiger partial charge in [-0.1, -0.05) is 6.07 Å². The molecule has 0 unspecified atom stereocenters. The van der Waals surface area contributed by atoms with E-state index < -0.39 is 0 Å². The van der Waals surface area contributed by atoms with Gasteiger partial charge in [0, 0.05) is 17.3 Å². The molecule has 1 atom stereocenters. The van der Waals surface area contributed by atoms with Crippen LogP contribution in [0.25, 0.3) is 0 Å². The molecule has 4 bridgehead atoms. The van der Waals surface area contributed by atoms with Crippen LogP contribution in [-0.4, -0.2) is 50.8 Å². The lowest BCUT2D eigenvalue weighted by atomic mass is 9.53. The molecule has 4 saturated carbocycles. The molecule has 158 valence electrons. The molecule has 0 spiro atoms. The fourth-order valence-corrected chi connectivity index (χ4v) is 7.11. The summed E-state index contributed by atoms with van der Waals surface area (Å²) in [5.41, 5.74) is 1.34. The zero-order chi connectivity index (χ0) is 20.0. The van der Waals surface area contributed by atoms with Gasteiger partial charge in [0.2, 0.25) is 0 Å². The Bertz CT molecular complexity index is 721. The van der Waals surface area contributed by atoms with Crippen LogP contribution in [0, 0.1) is 17.8 Å². The lowest BCUT2D eigenvalue weighted by Crippen LogP contribution is -3.19. The average Bonchev–Trinajstić information content (AvgIpc) is 2.72. The topological polar surface area (TPSA) is 46.0 Å². The number of benzene rings is 1. The number of ether oxygens (including phenoxy) is 1. The van der Waals surface area contributed by atoms with Crippen molar-refractivity contribution in [1.29, 1.82) is 0 Å². The lowest BCUT2D eigenvalue weighted by molar-refractivity contribution is -0.914. The Morgan fingerprint density at radius 2 is 1.76 bits per heavy atom. The molecule has 5 heteroatoms. The molecule has 1 aromatic carbocycles. The molecule has 5 aliphatic rings. The van der Waals surface area contributed by atoms with Crippen molar-refractivity contribution in [3.05, 3.63) is 24.3 Å². The zero-order valence-corrected chi connectivity index (χ0v) is 18.0. The summed E-state index contributed by atoms with van der Waals surface area (Å²) < 4.78 is 5.37. The number of amides is 1. The summed E-state index contributed by atoms with van der Waals surface area (Å²) in [4.78, 5) is 17.0. The van der Waals surface area contributed by atoms with Gasteiger partial charge in [-0.25, -0.2) is 0 Å². The van der Waals surface area contributed by atoms with Crippen LogP contribution in [0.3, 0.4) is 0 Å². The number of carbonyl (C=O) groups excluding carboxylic acids is 1. The molecule has 1 amide bonds. The van der Waals surface area contributed by atoms with E-state index in [0.717, 1.165) is 49.7 Å². The molecule has 5 fully saturated rings. The first-order chi connectivity index (χ1) is 14.0. The van der Waals surface area contributed by atoms with Gasteiger partial charge in [-0.05, 0) is 75.3 Å². The van der Waals surface area contributed by atoms with Crippen LogP contribution < -0.4 is 19.9 Å². The summed E-state index contributed by atoms with van der Waals surface area (Å²) in [5.74, 6) is 3.80. The van der Waals surface area contributed by atoms with Crippen molar-refractivity contribution in [2.75, 3.05) is 38.2 Å². The quantitative estimate of drug-likeness (QED) is 0.796. The largest absolute Gasteiger partial charge is 0.497 e. The Morgan fingerprint density at radius 3 is 2.34 bits per heavy atom. The standard InChI is InChI=1S/C24H35N3O2/c1-17(23(28)25-24-14-18-10-19(15-24)12-20(11-18)16-24)26-6-8-27(9-7-26)21-4-3-5-22(13-21)29-2/h3-5,13,17-20H,6-12,14-16H2,1-2H3,(H,25,28)/p+1/t17-,18?,19?,20?,24?/m1/s1. The molecule has 0 aromatic heterocycles. The molecule has 2 N–H and O–H groups in total. The molecule has 29 heavy (non-hydrogen) atoms. The van der Waals surface area contributed by atoms with Gasteiger partial charge in [-0.15, -0.1) is 0 Å². The zero-order valence-electron chi connectivity index (χ0n) is 18.0. The number of hydrogen-bond donors (Lipinski definition) is 2. The van der Waals surface area contributed by atoms with E-state index in [2.05, 4.69) is 35.3 Å². The van der Waals surface area contributed by atoms with E-state index in [9.17, 15) is 4.79 Å². The highest BCUT2D eigenvalue weighted by atomic mass is 16.5. The number of nitrogens with one attached hydrogen (secondary N) is 2. The van der Waals surface area contributed by atoms with Gasteiger partial charge in [0.25, 0.3) is 5.91 Å². The highest BCUT2D eigenvalue weighted by Crippen LogP contribution is 2.55. The van der Waals surface area contributed by atoms with E-state index in [1.165, 1.54) is 49.1 Å². The number of hydrogen-bond acceptors (Lipinski definition) is 3. The minimum atomic E-state index is 0.0375. The number of anilines is 1. The summed E-state index contributed by atoms with van der Waals surface area (Å²) in [7, 11) is 1.71. The normalized spacial score (nSPS) is 34.8. The van der Waals surface area contributed by atoms with Crippen molar-refractivity contribution in [3.63, 3.8) is 0 Å². The van der Waals surface area contributed by atoms with Crippen molar-refractivity contribution in [3.8, 4) is 5.75 Å². The predicted molar refractivity (Wildman–Crippen MR) is 114 cm³/mol. The summed E-state index contributed by atoms with van der Waals surface area (Å²) in [6.07, 6.45) is 7.95. The van der Waals surface area contributed by atoms with Gasteiger partial charge >= 0.3 is 0 Å². The maximum atomic E-state index is 13.2. The average molecular weight is 399 g/mol. The number of rotatable bonds is 5. The molecule has 4 aliphatic carbocycles. The third kappa shape index (κ3) is 3.74. The molecular weight excluding hydrogens is 362 g/mol. The number of nitrogens with zero attached hydrogens (tertiary/aromatic N) is 1. The summed E-state index contributed by atoms with van der Waals surface area (Å²) in [6.45, 7) is 6.11. The first-order valence-corrected chi connectivity index (χ1v) is 11.6. The maximum Gasteiger partial charge on any atom is 0.278 e. The van der Waals surface area contributed by atoms with Crippen LogP contribution in [0.5, 0.6) is 5.75 Å². The van der Waals surface area contributed by atoms with Crippen LogP contribution in [0.15, 0.2) is 24.3 Å². The van der Waals surface area contributed by atoms with Crippen molar-refractivity contribution in [1.82, 2.24) is 5.32 Å². The second-order valence-electron chi connectivity index (χ2n) is 10.3. The minimum absolute atomic E-state index is 0.0375. The van der Waals surface area contributed by atoms with E-state index in [-0.39, 0.29) is 17.5 Å². The van der Waals surface area contributed by atoms with Gasteiger partial charge in [0.05, 0.1) is 33.3 Å². The first kappa shape index (κ1) is 19.2. The lowest BCUT2D eigenvalue weighted by Gasteiger charge is -2.57. The second-order valence-corrected chi connectivity index (χ2v) is 10.3. The molecule has 0 radical (unpaired) electrons. The number of methoxy groups -OCH3 is 1. The molecule has 1 aliphatic heterocycles. The van der Waals surface area contributed by atoms with E-state index in [4.69, 9.17) is 4.74 Å². The Morgan fingerprint density at radius 1 is 1.14 bits per heavy atom. The van der Waals surface area contributed by atoms with Crippen molar-refractivity contribution in [2.45, 2.75) is 57.0 Å². The number of piperazine rings is 1. The SMILES string of the molecule is COc1cccc(N2CC[NH+]([C@H](C)C(=O)NC34CC5CC(CC(C5)C3)C4)CC2)c1. The van der Waals surface area contributed by atoms with Gasteiger partial charge < -0.3 is 19.9 Å². The highest BCUT2D eigenvalue weighted by Gasteiger charge is 2.52. The third-order valence-corrected chi connectivity index (χ3v) is 8.26. The van der Waals surface area contributed by atoms with Crippen molar-refractivity contribution >= 4 is 11.6 Å². The number of quaternary nitrogens is 1. The van der Waals surface area contributed by atoms with E-state index in [1.807, 2.05) is 6.07 Å². The molecule has 6 rings (SSSR count). The summed E-state index contributed by atoms with van der Waals surface area (Å²) >= 11 is 0. The predicted octanol–water partition coefficient (Wildman–Crippen LogP) is 1.87. The van der Waals surface area contributed by atoms with Crippen LogP contribution in [0.2, 0.25) is 0 Å². The molecule has 1 saturated heterocycles. The minimum Gasteiger partial charge on any atom is -0.497 e. The first-order valence-electron chi connectivity index (χ1n) is 11.6. The summed E-state index contributed by atoms with van der Waals surface area (Å²) in [6, 6.07) is 8.33. The Kier molecular flexibility index (Phi) is 4.97. The molecule has 5 nitrogen and oxygen atoms in total. The van der Waals surface area contributed by atoms with Crippen molar-refractivity contribution in [2.24, 2.45) is 17.8 Å². The maximum absolute atomic E-state index is 13.2. The Balaban J connectivity index is 1.17. The van der Waals surface area contributed by atoms with E-state index in [1.54, 1.807) is 7.11 Å². The van der Waals surface area contributed by atoms with Gasteiger partial charge in [-0.2, -0.15) is 0 Å². The van der Waals surface area contributed by atoms with E-state index in [0.29, 0.717) is 0 Å².